The molecule has 1 heterocycles. The molecule has 1 aromatic rings. The quantitative estimate of drug-likeness (QED) is 0.676. The van der Waals surface area contributed by atoms with Crippen LogP contribution in [0, 0.1) is 0 Å². The van der Waals surface area contributed by atoms with Gasteiger partial charge in [-0.3, -0.25) is 9.59 Å². The Hall–Kier alpha value is -1.65. The van der Waals surface area contributed by atoms with Crippen LogP contribution in [0.1, 0.15) is 17.4 Å². The van der Waals surface area contributed by atoms with Gasteiger partial charge in [0.1, 0.15) is 5.69 Å². The maximum atomic E-state index is 11.1. The van der Waals surface area contributed by atoms with Crippen LogP contribution in [0.15, 0.2) is 16.9 Å². The minimum absolute atomic E-state index is 0.199. The zero-order valence-electron chi connectivity index (χ0n) is 7.57. The summed E-state index contributed by atoms with van der Waals surface area (Å²) in [6.45, 7) is 2.26. The summed E-state index contributed by atoms with van der Waals surface area (Å²) < 4.78 is 1.24. The van der Waals surface area contributed by atoms with E-state index in [4.69, 9.17) is 0 Å². The Morgan fingerprint density at radius 1 is 1.62 bits per heavy atom. The van der Waals surface area contributed by atoms with Crippen molar-refractivity contribution in [3.05, 3.63) is 28.2 Å². The highest BCUT2D eigenvalue weighted by Crippen LogP contribution is 1.89. The Bertz CT molecular complexity index is 370. The molecule has 0 saturated heterocycles. The summed E-state index contributed by atoms with van der Waals surface area (Å²) >= 11 is 0. The van der Waals surface area contributed by atoms with Crippen molar-refractivity contribution in [1.29, 1.82) is 0 Å². The van der Waals surface area contributed by atoms with Crippen molar-refractivity contribution in [3.8, 4) is 0 Å². The number of nitrogens with one attached hydrogen (secondary N) is 1. The molecule has 1 rings (SSSR count). The number of nitrogens with zero attached hydrogens (tertiary/aromatic N) is 2. The number of hydrogen-bond acceptors (Lipinski definition) is 3. The van der Waals surface area contributed by atoms with E-state index < -0.39 is 0 Å². The second-order valence-electron chi connectivity index (χ2n) is 2.45. The van der Waals surface area contributed by atoms with E-state index in [1.165, 1.54) is 23.9 Å². The summed E-state index contributed by atoms with van der Waals surface area (Å²) in [5, 5.41) is 6.29. The van der Waals surface area contributed by atoms with Crippen molar-refractivity contribution in [2.75, 3.05) is 7.05 Å². The molecule has 0 bridgehead atoms. The molecule has 1 aromatic heterocycles. The second kappa shape index (κ2) is 3.84. The van der Waals surface area contributed by atoms with Gasteiger partial charge in [-0.1, -0.05) is 0 Å². The van der Waals surface area contributed by atoms with Gasteiger partial charge in [-0.15, -0.1) is 0 Å². The molecule has 0 fully saturated rings. The maximum absolute atomic E-state index is 11.1. The zero-order chi connectivity index (χ0) is 9.84. The SMILES string of the molecule is CCn1nc(C(=O)NC)ccc1=O. The summed E-state index contributed by atoms with van der Waals surface area (Å²) in [4.78, 5) is 22.2. The van der Waals surface area contributed by atoms with Crippen LogP contribution >= 0.6 is 0 Å². The average Bonchev–Trinajstić information content (AvgIpc) is 2.17. The lowest BCUT2D eigenvalue weighted by atomic mass is 10.4. The van der Waals surface area contributed by atoms with Crippen LogP contribution < -0.4 is 10.9 Å². The van der Waals surface area contributed by atoms with Crippen molar-refractivity contribution in [2.24, 2.45) is 0 Å². The predicted octanol–water partition coefficient (Wildman–Crippen LogP) is -0.377. The van der Waals surface area contributed by atoms with Crippen LogP contribution in [-0.4, -0.2) is 22.7 Å². The van der Waals surface area contributed by atoms with Crippen LogP contribution in [0.2, 0.25) is 0 Å². The normalized spacial score (nSPS) is 9.69. The second-order valence-corrected chi connectivity index (χ2v) is 2.45. The summed E-state index contributed by atoms with van der Waals surface area (Å²) in [6, 6.07) is 2.74. The largest absolute Gasteiger partial charge is 0.354 e. The smallest absolute Gasteiger partial charge is 0.271 e. The predicted molar refractivity (Wildman–Crippen MR) is 47.6 cm³/mol. The molecule has 0 aliphatic rings. The Morgan fingerprint density at radius 2 is 2.31 bits per heavy atom. The Morgan fingerprint density at radius 3 is 2.85 bits per heavy atom. The molecule has 0 radical (unpaired) electrons. The monoisotopic (exact) mass is 181 g/mol. The minimum atomic E-state index is -0.290. The van der Waals surface area contributed by atoms with Crippen LogP contribution in [-0.2, 0) is 6.54 Å². The molecule has 0 aromatic carbocycles. The van der Waals surface area contributed by atoms with Gasteiger partial charge in [-0.25, -0.2) is 4.68 Å². The highest BCUT2D eigenvalue weighted by molar-refractivity contribution is 5.91. The third-order valence-electron chi connectivity index (χ3n) is 1.63. The molecule has 1 N–H and O–H groups in total. The molecule has 0 aliphatic heterocycles. The molecule has 0 spiro atoms. The molecule has 0 saturated carbocycles. The van der Waals surface area contributed by atoms with Gasteiger partial charge in [0.25, 0.3) is 11.5 Å². The first-order chi connectivity index (χ1) is 6.19. The van der Waals surface area contributed by atoms with Gasteiger partial charge in [-0.05, 0) is 13.0 Å². The first-order valence-electron chi connectivity index (χ1n) is 3.99. The fourth-order valence-corrected chi connectivity index (χ4v) is 0.925. The minimum Gasteiger partial charge on any atom is -0.354 e. The fraction of sp³-hybridized carbons (Fsp3) is 0.375. The van der Waals surface area contributed by atoms with Crippen LogP contribution in [0.25, 0.3) is 0 Å². The number of hydrogen-bond donors (Lipinski definition) is 1. The molecule has 0 atom stereocenters. The zero-order valence-corrected chi connectivity index (χ0v) is 7.57. The lowest BCUT2D eigenvalue weighted by Crippen LogP contribution is -2.27. The molecule has 5 heteroatoms. The third kappa shape index (κ3) is 1.93. The number of aryl methyl sites for hydroxylation is 1. The first-order valence-corrected chi connectivity index (χ1v) is 3.99. The molecule has 13 heavy (non-hydrogen) atoms. The first kappa shape index (κ1) is 9.44. The third-order valence-corrected chi connectivity index (χ3v) is 1.63. The Labute approximate surface area is 75.4 Å². The van der Waals surface area contributed by atoms with E-state index in [0.717, 1.165) is 0 Å². The van der Waals surface area contributed by atoms with Gasteiger partial charge in [0.05, 0.1) is 0 Å². The molecular formula is C8H11N3O2. The lowest BCUT2D eigenvalue weighted by Gasteiger charge is -2.02. The van der Waals surface area contributed by atoms with E-state index >= 15 is 0 Å². The Balaban J connectivity index is 3.13. The molecule has 5 nitrogen and oxygen atoms in total. The van der Waals surface area contributed by atoms with Gasteiger partial charge in [0.2, 0.25) is 0 Å². The molecule has 70 valence electrons. The number of rotatable bonds is 2. The number of carbonyl (C=O) groups is 1. The van der Waals surface area contributed by atoms with Gasteiger partial charge >= 0.3 is 0 Å². The van der Waals surface area contributed by atoms with Crippen molar-refractivity contribution in [1.82, 2.24) is 15.1 Å². The number of aromatic nitrogens is 2. The molecule has 0 aliphatic carbocycles. The van der Waals surface area contributed by atoms with Crippen molar-refractivity contribution >= 4 is 5.91 Å². The van der Waals surface area contributed by atoms with Crippen molar-refractivity contribution < 1.29 is 4.79 Å². The van der Waals surface area contributed by atoms with Crippen molar-refractivity contribution in [3.63, 3.8) is 0 Å². The van der Waals surface area contributed by atoms with Gasteiger partial charge in [0.15, 0.2) is 0 Å². The van der Waals surface area contributed by atoms with E-state index in [-0.39, 0.29) is 17.2 Å². The lowest BCUT2D eigenvalue weighted by molar-refractivity contribution is 0.0955. The van der Waals surface area contributed by atoms with Crippen molar-refractivity contribution in [2.45, 2.75) is 13.5 Å². The molecule has 0 unspecified atom stereocenters. The highest BCUT2D eigenvalue weighted by atomic mass is 16.2. The standard InChI is InChI=1S/C8H11N3O2/c1-3-11-7(12)5-4-6(10-11)8(13)9-2/h4-5H,3H2,1-2H3,(H,9,13). The van der Waals surface area contributed by atoms with Crippen LogP contribution in [0.3, 0.4) is 0 Å². The van der Waals surface area contributed by atoms with Crippen LogP contribution in [0.4, 0.5) is 0 Å². The van der Waals surface area contributed by atoms with E-state index in [2.05, 4.69) is 10.4 Å². The highest BCUT2D eigenvalue weighted by Gasteiger charge is 2.05. The molecular weight excluding hydrogens is 170 g/mol. The Kier molecular flexibility index (Phi) is 2.79. The van der Waals surface area contributed by atoms with Gasteiger partial charge in [0, 0.05) is 19.7 Å². The summed E-state index contributed by atoms with van der Waals surface area (Å²) in [5.74, 6) is -0.290. The molecule has 1 amide bonds. The van der Waals surface area contributed by atoms with E-state index in [1.807, 2.05) is 0 Å². The van der Waals surface area contributed by atoms with E-state index in [9.17, 15) is 9.59 Å². The summed E-state index contributed by atoms with van der Waals surface area (Å²) in [5.41, 5.74) is 0.0547. The van der Waals surface area contributed by atoms with Gasteiger partial charge < -0.3 is 5.32 Å². The van der Waals surface area contributed by atoms with E-state index in [1.54, 1.807) is 6.92 Å². The van der Waals surface area contributed by atoms with E-state index in [0.29, 0.717) is 6.54 Å². The number of carbonyl (C=O) groups excluding carboxylic acids is 1. The fourth-order valence-electron chi connectivity index (χ4n) is 0.925. The summed E-state index contributed by atoms with van der Waals surface area (Å²) in [7, 11) is 1.52. The van der Waals surface area contributed by atoms with Crippen LogP contribution in [0.5, 0.6) is 0 Å². The number of amides is 1. The maximum Gasteiger partial charge on any atom is 0.271 e. The summed E-state index contributed by atoms with van der Waals surface area (Å²) in [6.07, 6.45) is 0. The van der Waals surface area contributed by atoms with Gasteiger partial charge in [-0.2, -0.15) is 5.10 Å². The average molecular weight is 181 g/mol. The topological polar surface area (TPSA) is 64.0 Å².